The van der Waals surface area contributed by atoms with Crippen LogP contribution in [0, 0.1) is 0 Å². The highest BCUT2D eigenvalue weighted by atomic mass is 35.5. The van der Waals surface area contributed by atoms with Gasteiger partial charge in [0.1, 0.15) is 17.2 Å². The molecule has 1 aliphatic heterocycles. The number of hydrogen-bond acceptors (Lipinski definition) is 5. The van der Waals surface area contributed by atoms with Crippen molar-refractivity contribution in [3.63, 3.8) is 0 Å². The summed E-state index contributed by atoms with van der Waals surface area (Å²) in [6.07, 6.45) is 0. The fourth-order valence-corrected chi connectivity index (χ4v) is 3.72. The van der Waals surface area contributed by atoms with Gasteiger partial charge in [-0.3, -0.25) is 14.3 Å². The lowest BCUT2D eigenvalue weighted by atomic mass is 10.1. The summed E-state index contributed by atoms with van der Waals surface area (Å²) in [7, 11) is 3.15. The van der Waals surface area contributed by atoms with Gasteiger partial charge in [0.05, 0.1) is 33.0 Å². The number of carbonyl (C=O) groups excluding carboxylic acids is 2. The predicted molar refractivity (Wildman–Crippen MR) is 120 cm³/mol. The van der Waals surface area contributed by atoms with Gasteiger partial charge in [-0.15, -0.1) is 0 Å². The van der Waals surface area contributed by atoms with Crippen LogP contribution in [0.1, 0.15) is 16.1 Å². The number of ether oxygens (including phenoxy) is 2. The molecule has 0 fully saturated rings. The number of aromatic nitrogens is 2. The van der Waals surface area contributed by atoms with Crippen LogP contribution in [0.3, 0.4) is 0 Å². The van der Waals surface area contributed by atoms with E-state index in [0.717, 1.165) is 11.1 Å². The molecule has 1 aromatic heterocycles. The first-order valence-electron chi connectivity index (χ1n) is 10.1. The summed E-state index contributed by atoms with van der Waals surface area (Å²) >= 11 is 5.95. The van der Waals surface area contributed by atoms with Gasteiger partial charge in [-0.25, -0.2) is 0 Å². The monoisotopic (exact) mass is 454 g/mol. The highest BCUT2D eigenvalue weighted by Gasteiger charge is 2.28. The lowest BCUT2D eigenvalue weighted by molar-refractivity contribution is -0.122. The summed E-state index contributed by atoms with van der Waals surface area (Å²) in [5.41, 5.74) is 2.82. The molecular weight excluding hydrogens is 432 g/mol. The predicted octanol–water partition coefficient (Wildman–Crippen LogP) is 2.99. The van der Waals surface area contributed by atoms with Gasteiger partial charge < -0.3 is 19.7 Å². The Balaban J connectivity index is 1.40. The Morgan fingerprint density at radius 1 is 1.09 bits per heavy atom. The topological polar surface area (TPSA) is 85.7 Å². The van der Waals surface area contributed by atoms with Crippen LogP contribution in [-0.2, 0) is 17.9 Å². The Morgan fingerprint density at radius 2 is 1.88 bits per heavy atom. The van der Waals surface area contributed by atoms with Gasteiger partial charge >= 0.3 is 0 Å². The number of nitrogens with zero attached hydrogens (tertiary/aromatic N) is 3. The van der Waals surface area contributed by atoms with Gasteiger partial charge in [-0.1, -0.05) is 23.7 Å². The van der Waals surface area contributed by atoms with Crippen LogP contribution < -0.4 is 14.8 Å². The van der Waals surface area contributed by atoms with Crippen molar-refractivity contribution in [1.29, 1.82) is 0 Å². The van der Waals surface area contributed by atoms with Crippen LogP contribution in [0.15, 0.2) is 48.5 Å². The normalized spacial score (nSPS) is 13.0. The minimum absolute atomic E-state index is 0.0351. The van der Waals surface area contributed by atoms with Crippen molar-refractivity contribution in [3.05, 3.63) is 64.8 Å². The molecule has 1 N–H and O–H groups in total. The minimum Gasteiger partial charge on any atom is -0.497 e. The fourth-order valence-electron chi connectivity index (χ4n) is 3.59. The summed E-state index contributed by atoms with van der Waals surface area (Å²) < 4.78 is 12.3. The zero-order valence-electron chi connectivity index (χ0n) is 17.8. The first-order valence-corrected chi connectivity index (χ1v) is 10.5. The third-order valence-electron chi connectivity index (χ3n) is 5.31. The molecule has 0 atom stereocenters. The molecule has 4 rings (SSSR count). The van der Waals surface area contributed by atoms with Gasteiger partial charge in [-0.2, -0.15) is 5.10 Å². The van der Waals surface area contributed by atoms with E-state index in [0.29, 0.717) is 41.0 Å². The molecule has 2 amide bonds. The highest BCUT2D eigenvalue weighted by Crippen LogP contribution is 2.25. The van der Waals surface area contributed by atoms with E-state index in [9.17, 15) is 9.59 Å². The smallest absolute Gasteiger partial charge is 0.272 e. The van der Waals surface area contributed by atoms with E-state index in [1.165, 1.54) is 4.90 Å². The number of nitrogens with one attached hydrogen (secondary N) is 1. The summed E-state index contributed by atoms with van der Waals surface area (Å²) in [4.78, 5) is 27.0. The van der Waals surface area contributed by atoms with Crippen molar-refractivity contribution in [3.8, 4) is 22.8 Å². The zero-order valence-corrected chi connectivity index (χ0v) is 18.6. The number of methoxy groups -OCH3 is 2. The number of amides is 2. The van der Waals surface area contributed by atoms with Crippen molar-refractivity contribution in [1.82, 2.24) is 20.0 Å². The van der Waals surface area contributed by atoms with Crippen LogP contribution in [0.4, 0.5) is 0 Å². The average molecular weight is 455 g/mol. The molecule has 0 saturated carbocycles. The number of hydrogen-bond donors (Lipinski definition) is 1. The van der Waals surface area contributed by atoms with Crippen LogP contribution in [0.2, 0.25) is 5.02 Å². The van der Waals surface area contributed by atoms with Crippen LogP contribution in [-0.4, -0.2) is 53.8 Å². The maximum Gasteiger partial charge on any atom is 0.272 e. The molecule has 2 heterocycles. The SMILES string of the molecule is COc1ccc(OC)c(CNC(=O)CN2CCn3nc(-c4ccc(Cl)cc4)cc3C2=O)c1. The third kappa shape index (κ3) is 4.55. The standard InChI is InChI=1S/C23H23ClN4O4/c1-31-18-7-8-21(32-2)16(11-18)13-25-22(29)14-27-9-10-28-20(23(27)30)12-19(26-28)15-3-5-17(24)6-4-15/h3-8,11-12H,9-10,13-14H2,1-2H3,(H,25,29). The molecule has 0 saturated heterocycles. The van der Waals surface area contributed by atoms with Crippen molar-refractivity contribution < 1.29 is 19.1 Å². The lowest BCUT2D eigenvalue weighted by Crippen LogP contribution is -2.45. The second-order valence-corrected chi connectivity index (χ2v) is 7.76. The van der Waals surface area contributed by atoms with Crippen LogP contribution in [0.5, 0.6) is 11.5 Å². The van der Waals surface area contributed by atoms with E-state index in [-0.39, 0.29) is 24.9 Å². The summed E-state index contributed by atoms with van der Waals surface area (Å²) in [6, 6.07) is 14.4. The Bertz CT molecular complexity index is 1140. The Hall–Kier alpha value is -3.52. The molecule has 32 heavy (non-hydrogen) atoms. The van der Waals surface area contributed by atoms with Gasteiger partial charge in [0.15, 0.2) is 0 Å². The Labute approximate surface area is 190 Å². The zero-order chi connectivity index (χ0) is 22.7. The van der Waals surface area contributed by atoms with E-state index in [4.69, 9.17) is 21.1 Å². The molecule has 166 valence electrons. The molecule has 2 aromatic carbocycles. The molecule has 0 radical (unpaired) electrons. The van der Waals surface area contributed by atoms with Crippen LogP contribution >= 0.6 is 11.6 Å². The minimum atomic E-state index is -0.255. The number of benzene rings is 2. The maximum absolute atomic E-state index is 12.9. The summed E-state index contributed by atoms with van der Waals surface area (Å²) in [5.74, 6) is 0.844. The molecular formula is C23H23ClN4O4. The Morgan fingerprint density at radius 3 is 2.59 bits per heavy atom. The number of carbonyl (C=O) groups is 2. The van der Waals surface area contributed by atoms with Crippen molar-refractivity contribution in [2.75, 3.05) is 27.3 Å². The second-order valence-electron chi connectivity index (χ2n) is 7.33. The quantitative estimate of drug-likeness (QED) is 0.593. The third-order valence-corrected chi connectivity index (χ3v) is 5.56. The molecule has 9 heteroatoms. The summed E-state index contributed by atoms with van der Waals surface area (Å²) in [6.45, 7) is 1.15. The molecule has 1 aliphatic rings. The fraction of sp³-hybridized carbons (Fsp3) is 0.261. The van der Waals surface area contributed by atoms with Gasteiger partial charge in [0, 0.05) is 29.2 Å². The van der Waals surface area contributed by atoms with Gasteiger partial charge in [0.2, 0.25) is 5.91 Å². The molecule has 8 nitrogen and oxygen atoms in total. The largest absolute Gasteiger partial charge is 0.497 e. The van der Waals surface area contributed by atoms with Crippen molar-refractivity contribution >= 4 is 23.4 Å². The van der Waals surface area contributed by atoms with Crippen molar-refractivity contribution in [2.45, 2.75) is 13.1 Å². The lowest BCUT2D eigenvalue weighted by Gasteiger charge is -2.26. The molecule has 3 aromatic rings. The first-order chi connectivity index (χ1) is 15.5. The molecule has 0 spiro atoms. The average Bonchev–Trinajstić information content (AvgIpc) is 3.25. The Kier molecular flexibility index (Phi) is 6.32. The summed E-state index contributed by atoms with van der Waals surface area (Å²) in [5, 5.41) is 8.01. The van der Waals surface area contributed by atoms with E-state index in [1.807, 2.05) is 18.2 Å². The van der Waals surface area contributed by atoms with Gasteiger partial charge in [-0.05, 0) is 36.4 Å². The van der Waals surface area contributed by atoms with Gasteiger partial charge in [0.25, 0.3) is 5.91 Å². The van der Waals surface area contributed by atoms with E-state index >= 15 is 0 Å². The van der Waals surface area contributed by atoms with Crippen LogP contribution in [0.25, 0.3) is 11.3 Å². The second kappa shape index (κ2) is 9.32. The first kappa shape index (κ1) is 21.7. The molecule has 0 bridgehead atoms. The number of rotatable bonds is 7. The van der Waals surface area contributed by atoms with E-state index in [2.05, 4.69) is 10.4 Å². The molecule has 0 aliphatic carbocycles. The number of halogens is 1. The highest BCUT2D eigenvalue weighted by molar-refractivity contribution is 6.30. The van der Waals surface area contributed by atoms with E-state index < -0.39 is 0 Å². The van der Waals surface area contributed by atoms with Crippen molar-refractivity contribution in [2.24, 2.45) is 0 Å². The van der Waals surface area contributed by atoms with E-state index in [1.54, 1.807) is 49.2 Å². The number of fused-ring (bicyclic) bond motifs is 1. The maximum atomic E-state index is 12.9. The molecule has 0 unspecified atom stereocenters.